The summed E-state index contributed by atoms with van der Waals surface area (Å²) in [7, 11) is 1.61. The minimum Gasteiger partial charge on any atom is -0.453 e. The molecule has 1 aliphatic rings. The Balaban J connectivity index is 2.47. The maximum Gasteiger partial charge on any atom is 0.231 e. The van der Waals surface area contributed by atoms with Gasteiger partial charge >= 0.3 is 0 Å². The molecule has 0 aliphatic carbocycles. The van der Waals surface area contributed by atoms with Crippen LogP contribution in [0.15, 0.2) is 12.1 Å². The SMILES string of the molecule is COCc1ccc(C=O)c2c1OCO2. The van der Waals surface area contributed by atoms with Gasteiger partial charge in [0.2, 0.25) is 6.79 Å². The average molecular weight is 194 g/mol. The van der Waals surface area contributed by atoms with Crippen molar-refractivity contribution >= 4 is 6.29 Å². The standard InChI is InChI=1S/C10H10O4/c1-12-5-8-3-2-7(4-11)9-10(8)14-6-13-9/h2-4H,5-6H2,1H3. The zero-order valence-electron chi connectivity index (χ0n) is 7.78. The van der Waals surface area contributed by atoms with E-state index >= 15 is 0 Å². The normalized spacial score (nSPS) is 12.9. The maximum atomic E-state index is 10.7. The van der Waals surface area contributed by atoms with E-state index in [2.05, 4.69) is 0 Å². The molecule has 0 unspecified atom stereocenters. The minimum absolute atomic E-state index is 0.164. The number of hydrogen-bond donors (Lipinski definition) is 0. The van der Waals surface area contributed by atoms with E-state index in [9.17, 15) is 4.79 Å². The predicted octanol–water partition coefficient (Wildman–Crippen LogP) is 1.37. The van der Waals surface area contributed by atoms with Gasteiger partial charge in [-0.1, -0.05) is 6.07 Å². The lowest BCUT2D eigenvalue weighted by molar-refractivity contribution is 0.111. The van der Waals surface area contributed by atoms with Crippen molar-refractivity contribution in [3.63, 3.8) is 0 Å². The van der Waals surface area contributed by atoms with Gasteiger partial charge in [-0.2, -0.15) is 0 Å². The van der Waals surface area contributed by atoms with Crippen LogP contribution in [0.2, 0.25) is 0 Å². The van der Waals surface area contributed by atoms with Crippen molar-refractivity contribution in [1.82, 2.24) is 0 Å². The summed E-state index contributed by atoms with van der Waals surface area (Å²) in [4.78, 5) is 10.7. The van der Waals surface area contributed by atoms with Gasteiger partial charge in [0.25, 0.3) is 0 Å². The Hall–Kier alpha value is -1.55. The van der Waals surface area contributed by atoms with Gasteiger partial charge < -0.3 is 14.2 Å². The second-order valence-electron chi connectivity index (χ2n) is 2.93. The quantitative estimate of drug-likeness (QED) is 0.682. The molecule has 1 aliphatic heterocycles. The largest absolute Gasteiger partial charge is 0.453 e. The van der Waals surface area contributed by atoms with E-state index in [0.29, 0.717) is 23.7 Å². The van der Waals surface area contributed by atoms with Crippen LogP contribution in [0.1, 0.15) is 15.9 Å². The van der Waals surface area contributed by atoms with Gasteiger partial charge in [-0.25, -0.2) is 0 Å². The Morgan fingerprint density at radius 3 is 2.93 bits per heavy atom. The third-order valence-electron chi connectivity index (χ3n) is 2.06. The molecular weight excluding hydrogens is 184 g/mol. The van der Waals surface area contributed by atoms with Crippen molar-refractivity contribution in [3.05, 3.63) is 23.3 Å². The fourth-order valence-corrected chi connectivity index (χ4v) is 1.44. The van der Waals surface area contributed by atoms with Crippen LogP contribution in [0.4, 0.5) is 0 Å². The van der Waals surface area contributed by atoms with E-state index in [0.717, 1.165) is 11.8 Å². The smallest absolute Gasteiger partial charge is 0.231 e. The van der Waals surface area contributed by atoms with Crippen LogP contribution in [0.5, 0.6) is 11.5 Å². The Bertz CT molecular complexity index is 359. The van der Waals surface area contributed by atoms with Gasteiger partial charge in [-0.15, -0.1) is 0 Å². The lowest BCUT2D eigenvalue weighted by Crippen LogP contribution is -1.95. The molecule has 14 heavy (non-hydrogen) atoms. The number of methoxy groups -OCH3 is 1. The van der Waals surface area contributed by atoms with Gasteiger partial charge in [0.05, 0.1) is 12.2 Å². The Morgan fingerprint density at radius 2 is 2.21 bits per heavy atom. The second-order valence-corrected chi connectivity index (χ2v) is 2.93. The lowest BCUT2D eigenvalue weighted by atomic mass is 10.1. The van der Waals surface area contributed by atoms with Crippen molar-refractivity contribution in [3.8, 4) is 11.5 Å². The molecule has 0 spiro atoms. The molecule has 74 valence electrons. The summed E-state index contributed by atoms with van der Waals surface area (Å²) in [6.45, 7) is 0.613. The van der Waals surface area contributed by atoms with Gasteiger partial charge in [0.15, 0.2) is 17.8 Å². The van der Waals surface area contributed by atoms with E-state index in [4.69, 9.17) is 14.2 Å². The molecule has 0 bridgehead atoms. The van der Waals surface area contributed by atoms with E-state index in [1.807, 2.05) is 0 Å². The van der Waals surface area contributed by atoms with Crippen molar-refractivity contribution in [2.75, 3.05) is 13.9 Å². The van der Waals surface area contributed by atoms with Crippen molar-refractivity contribution < 1.29 is 19.0 Å². The van der Waals surface area contributed by atoms with Gasteiger partial charge in [-0.3, -0.25) is 4.79 Å². The van der Waals surface area contributed by atoms with Crippen LogP contribution in [0, 0.1) is 0 Å². The summed E-state index contributed by atoms with van der Waals surface area (Å²) < 4.78 is 15.5. The van der Waals surface area contributed by atoms with Gasteiger partial charge in [0.1, 0.15) is 0 Å². The highest BCUT2D eigenvalue weighted by atomic mass is 16.7. The number of rotatable bonds is 3. The molecule has 0 aromatic heterocycles. The minimum atomic E-state index is 0.164. The van der Waals surface area contributed by atoms with E-state index in [-0.39, 0.29) is 6.79 Å². The zero-order valence-corrected chi connectivity index (χ0v) is 7.78. The maximum absolute atomic E-state index is 10.7. The van der Waals surface area contributed by atoms with E-state index < -0.39 is 0 Å². The van der Waals surface area contributed by atoms with Crippen LogP contribution >= 0.6 is 0 Å². The first-order chi connectivity index (χ1) is 6.86. The number of ether oxygens (including phenoxy) is 3. The third-order valence-corrected chi connectivity index (χ3v) is 2.06. The Kier molecular flexibility index (Phi) is 2.37. The molecule has 0 N–H and O–H groups in total. The summed E-state index contributed by atoms with van der Waals surface area (Å²) in [5.74, 6) is 1.14. The summed E-state index contributed by atoms with van der Waals surface area (Å²) >= 11 is 0. The van der Waals surface area contributed by atoms with E-state index in [1.54, 1.807) is 19.2 Å². The first-order valence-corrected chi connectivity index (χ1v) is 4.22. The number of carbonyl (C=O) groups is 1. The monoisotopic (exact) mass is 194 g/mol. The molecule has 0 radical (unpaired) electrons. The zero-order chi connectivity index (χ0) is 9.97. The van der Waals surface area contributed by atoms with Crippen LogP contribution in [0.3, 0.4) is 0 Å². The second kappa shape index (κ2) is 3.67. The van der Waals surface area contributed by atoms with Crippen LogP contribution < -0.4 is 9.47 Å². The van der Waals surface area contributed by atoms with Crippen LogP contribution in [-0.2, 0) is 11.3 Å². The molecule has 0 saturated carbocycles. The molecule has 0 amide bonds. The summed E-state index contributed by atoms with van der Waals surface area (Å²) in [5, 5.41) is 0. The van der Waals surface area contributed by atoms with Gasteiger partial charge in [0, 0.05) is 12.7 Å². The van der Waals surface area contributed by atoms with Crippen molar-refractivity contribution in [2.45, 2.75) is 6.61 Å². The molecule has 1 aromatic carbocycles. The molecule has 4 nitrogen and oxygen atoms in total. The summed E-state index contributed by atoms with van der Waals surface area (Å²) in [6, 6.07) is 3.51. The summed E-state index contributed by atoms with van der Waals surface area (Å²) in [5.41, 5.74) is 1.41. The first kappa shape index (κ1) is 9.02. The van der Waals surface area contributed by atoms with Crippen molar-refractivity contribution in [2.24, 2.45) is 0 Å². The number of hydrogen-bond acceptors (Lipinski definition) is 4. The summed E-state index contributed by atoms with van der Waals surface area (Å²) in [6.07, 6.45) is 0.754. The molecule has 2 rings (SSSR count). The average Bonchev–Trinajstić information content (AvgIpc) is 2.67. The van der Waals surface area contributed by atoms with Crippen molar-refractivity contribution in [1.29, 1.82) is 0 Å². The Labute approximate surface area is 81.4 Å². The molecule has 0 atom stereocenters. The fourth-order valence-electron chi connectivity index (χ4n) is 1.44. The number of benzene rings is 1. The predicted molar refractivity (Wildman–Crippen MR) is 48.7 cm³/mol. The van der Waals surface area contributed by atoms with Crippen LogP contribution in [0.25, 0.3) is 0 Å². The van der Waals surface area contributed by atoms with Crippen LogP contribution in [-0.4, -0.2) is 20.2 Å². The molecule has 1 heterocycles. The van der Waals surface area contributed by atoms with Gasteiger partial charge in [-0.05, 0) is 6.07 Å². The topological polar surface area (TPSA) is 44.8 Å². The lowest BCUT2D eigenvalue weighted by Gasteiger charge is -2.05. The molecule has 0 saturated heterocycles. The number of aldehydes is 1. The highest BCUT2D eigenvalue weighted by molar-refractivity contribution is 5.82. The number of fused-ring (bicyclic) bond motifs is 1. The fraction of sp³-hybridized carbons (Fsp3) is 0.300. The molecular formula is C10H10O4. The third kappa shape index (κ3) is 1.33. The molecule has 1 aromatic rings. The highest BCUT2D eigenvalue weighted by Gasteiger charge is 2.21. The highest BCUT2D eigenvalue weighted by Crippen LogP contribution is 2.38. The first-order valence-electron chi connectivity index (χ1n) is 4.22. The molecule has 4 heteroatoms. The van der Waals surface area contributed by atoms with E-state index in [1.165, 1.54) is 0 Å². The molecule has 0 fully saturated rings. The Morgan fingerprint density at radius 1 is 1.43 bits per heavy atom. The number of carbonyl (C=O) groups excluding carboxylic acids is 1.